The summed E-state index contributed by atoms with van der Waals surface area (Å²) in [6.07, 6.45) is 2.61. The molecule has 0 saturated heterocycles. The molecule has 0 aliphatic carbocycles. The van der Waals surface area contributed by atoms with Gasteiger partial charge in [0.1, 0.15) is 5.69 Å². The van der Waals surface area contributed by atoms with E-state index in [2.05, 4.69) is 17.4 Å². The van der Waals surface area contributed by atoms with Crippen LogP contribution in [0.5, 0.6) is 0 Å². The average Bonchev–Trinajstić information content (AvgIpc) is 2.99. The number of ether oxygens (including phenoxy) is 1. The van der Waals surface area contributed by atoms with Gasteiger partial charge >= 0.3 is 5.97 Å². The van der Waals surface area contributed by atoms with Crippen LogP contribution in [-0.2, 0) is 16.6 Å². The van der Waals surface area contributed by atoms with Crippen LogP contribution in [0.3, 0.4) is 0 Å². The molecule has 0 fully saturated rings. The van der Waals surface area contributed by atoms with Gasteiger partial charge in [-0.1, -0.05) is 18.2 Å². The van der Waals surface area contributed by atoms with Gasteiger partial charge in [-0.2, -0.15) is 0 Å². The third-order valence-electron chi connectivity index (χ3n) is 3.14. The first-order valence-electron chi connectivity index (χ1n) is 7.40. The average molecular weight is 332 g/mol. The highest BCUT2D eigenvalue weighted by atomic mass is 32.2. The summed E-state index contributed by atoms with van der Waals surface area (Å²) in [4.78, 5) is 24.6. The zero-order chi connectivity index (χ0) is 16.5. The molecule has 1 aromatic heterocycles. The van der Waals surface area contributed by atoms with E-state index in [4.69, 9.17) is 4.74 Å². The van der Waals surface area contributed by atoms with Crippen LogP contribution >= 0.6 is 11.8 Å². The smallest absolute Gasteiger partial charge is 0.355 e. The molecule has 0 spiro atoms. The van der Waals surface area contributed by atoms with Gasteiger partial charge < -0.3 is 14.6 Å². The minimum atomic E-state index is -0.493. The number of aryl methyl sites for hydroxylation is 1. The molecule has 6 heteroatoms. The van der Waals surface area contributed by atoms with E-state index in [0.717, 1.165) is 12.2 Å². The first-order valence-corrected chi connectivity index (χ1v) is 8.38. The van der Waals surface area contributed by atoms with E-state index >= 15 is 0 Å². The predicted molar refractivity (Wildman–Crippen MR) is 90.5 cm³/mol. The van der Waals surface area contributed by atoms with Crippen molar-refractivity contribution < 1.29 is 14.3 Å². The molecule has 0 saturated carbocycles. The van der Waals surface area contributed by atoms with E-state index in [1.54, 1.807) is 41.7 Å². The summed E-state index contributed by atoms with van der Waals surface area (Å²) in [6, 6.07) is 13.5. The molecule has 1 N–H and O–H groups in total. The van der Waals surface area contributed by atoms with E-state index in [1.165, 1.54) is 4.90 Å². The Hall–Kier alpha value is -2.21. The van der Waals surface area contributed by atoms with Gasteiger partial charge in [-0.25, -0.2) is 4.79 Å². The summed E-state index contributed by atoms with van der Waals surface area (Å²) < 4.78 is 6.63. The maximum atomic E-state index is 11.7. The Balaban J connectivity index is 1.57. The molecule has 0 aliphatic rings. The van der Waals surface area contributed by atoms with Crippen LogP contribution in [-0.4, -0.2) is 35.3 Å². The Morgan fingerprint density at radius 1 is 1.17 bits per heavy atom. The number of benzene rings is 1. The van der Waals surface area contributed by atoms with Gasteiger partial charge in [0.2, 0.25) is 0 Å². The lowest BCUT2D eigenvalue weighted by Crippen LogP contribution is -2.30. The number of nitrogens with one attached hydrogen (secondary N) is 1. The second-order valence-electron chi connectivity index (χ2n) is 4.95. The lowest BCUT2D eigenvalue weighted by atomic mass is 10.4. The molecule has 0 radical (unpaired) electrons. The largest absolute Gasteiger partial charge is 0.451 e. The minimum Gasteiger partial charge on any atom is -0.451 e. The number of carbonyl (C=O) groups is 2. The van der Waals surface area contributed by atoms with Gasteiger partial charge in [-0.15, -0.1) is 11.8 Å². The fraction of sp³-hybridized carbons (Fsp3) is 0.294. The standard InChI is InChI=1S/C17H20N2O3S/c1-19-11-5-9-15(19)17(21)22-13-16(20)18-10-6-12-23-14-7-3-2-4-8-14/h2-5,7-9,11H,6,10,12-13H2,1H3,(H,18,20). The van der Waals surface area contributed by atoms with Crippen LogP contribution in [0.15, 0.2) is 53.6 Å². The highest BCUT2D eigenvalue weighted by Crippen LogP contribution is 2.17. The molecule has 0 unspecified atom stereocenters. The lowest BCUT2D eigenvalue weighted by Gasteiger charge is -2.07. The Morgan fingerprint density at radius 2 is 1.96 bits per heavy atom. The van der Waals surface area contributed by atoms with Crippen molar-refractivity contribution in [1.82, 2.24) is 9.88 Å². The summed E-state index contributed by atoms with van der Waals surface area (Å²) in [5.74, 6) is 0.150. The minimum absolute atomic E-state index is 0.254. The Morgan fingerprint density at radius 3 is 2.65 bits per heavy atom. The number of aromatic nitrogens is 1. The summed E-state index contributed by atoms with van der Waals surface area (Å²) in [5, 5.41) is 2.75. The van der Waals surface area contributed by atoms with Crippen LogP contribution in [0.2, 0.25) is 0 Å². The Labute approximate surface area is 140 Å². The van der Waals surface area contributed by atoms with Crippen molar-refractivity contribution in [1.29, 1.82) is 0 Å². The molecule has 23 heavy (non-hydrogen) atoms. The molecule has 1 heterocycles. The molecular weight excluding hydrogens is 312 g/mol. The molecular formula is C17H20N2O3S. The normalized spacial score (nSPS) is 10.3. The van der Waals surface area contributed by atoms with Gasteiger partial charge in [0.15, 0.2) is 6.61 Å². The fourth-order valence-electron chi connectivity index (χ4n) is 1.94. The number of amides is 1. The number of carbonyl (C=O) groups excluding carboxylic acids is 2. The van der Waals surface area contributed by atoms with Crippen molar-refractivity contribution in [3.05, 3.63) is 54.4 Å². The van der Waals surface area contributed by atoms with Crippen LogP contribution < -0.4 is 5.32 Å². The summed E-state index contributed by atoms with van der Waals surface area (Å²) in [6.45, 7) is 0.316. The second-order valence-corrected chi connectivity index (χ2v) is 6.11. The number of hydrogen-bond donors (Lipinski definition) is 1. The fourth-order valence-corrected chi connectivity index (χ4v) is 2.81. The first-order chi connectivity index (χ1) is 11.2. The zero-order valence-corrected chi connectivity index (χ0v) is 13.8. The molecule has 0 atom stereocenters. The molecule has 2 aromatic rings. The molecule has 5 nitrogen and oxygen atoms in total. The maximum Gasteiger partial charge on any atom is 0.355 e. The summed E-state index contributed by atoms with van der Waals surface area (Å²) in [7, 11) is 1.75. The van der Waals surface area contributed by atoms with Crippen LogP contribution in [0.4, 0.5) is 0 Å². The predicted octanol–water partition coefficient (Wildman–Crippen LogP) is 2.48. The monoisotopic (exact) mass is 332 g/mol. The third kappa shape index (κ3) is 5.83. The highest BCUT2D eigenvalue weighted by molar-refractivity contribution is 7.99. The van der Waals surface area contributed by atoms with Gasteiger partial charge in [0.25, 0.3) is 5.91 Å². The van der Waals surface area contributed by atoms with Crippen molar-refractivity contribution >= 4 is 23.6 Å². The number of hydrogen-bond acceptors (Lipinski definition) is 4. The van der Waals surface area contributed by atoms with E-state index < -0.39 is 5.97 Å². The van der Waals surface area contributed by atoms with Gasteiger partial charge in [-0.3, -0.25) is 4.79 Å². The Kier molecular flexibility index (Phi) is 6.75. The summed E-state index contributed by atoms with van der Waals surface area (Å²) in [5.41, 5.74) is 0.428. The third-order valence-corrected chi connectivity index (χ3v) is 4.24. The SMILES string of the molecule is Cn1cccc1C(=O)OCC(=O)NCCCSc1ccccc1. The van der Waals surface area contributed by atoms with Crippen molar-refractivity contribution in [2.75, 3.05) is 18.9 Å². The molecule has 0 bridgehead atoms. The van der Waals surface area contributed by atoms with Crippen LogP contribution in [0, 0.1) is 0 Å². The van der Waals surface area contributed by atoms with Crippen molar-refractivity contribution in [3.8, 4) is 0 Å². The van der Waals surface area contributed by atoms with Crippen molar-refractivity contribution in [2.45, 2.75) is 11.3 Å². The summed E-state index contributed by atoms with van der Waals surface area (Å²) >= 11 is 1.75. The van der Waals surface area contributed by atoms with E-state index in [1.807, 2.05) is 18.2 Å². The van der Waals surface area contributed by atoms with E-state index in [-0.39, 0.29) is 12.5 Å². The van der Waals surface area contributed by atoms with Crippen molar-refractivity contribution in [2.24, 2.45) is 7.05 Å². The van der Waals surface area contributed by atoms with E-state index in [9.17, 15) is 9.59 Å². The van der Waals surface area contributed by atoms with Gasteiger partial charge in [0.05, 0.1) is 0 Å². The number of nitrogens with zero attached hydrogens (tertiary/aromatic N) is 1. The van der Waals surface area contributed by atoms with Crippen molar-refractivity contribution in [3.63, 3.8) is 0 Å². The van der Waals surface area contributed by atoms with Crippen LogP contribution in [0.1, 0.15) is 16.9 Å². The highest BCUT2D eigenvalue weighted by Gasteiger charge is 2.12. The quantitative estimate of drug-likeness (QED) is 0.458. The van der Waals surface area contributed by atoms with E-state index in [0.29, 0.717) is 12.2 Å². The van der Waals surface area contributed by atoms with Gasteiger partial charge in [0, 0.05) is 24.7 Å². The van der Waals surface area contributed by atoms with Crippen LogP contribution in [0.25, 0.3) is 0 Å². The topological polar surface area (TPSA) is 60.3 Å². The molecule has 2 rings (SSSR count). The number of esters is 1. The number of rotatable bonds is 8. The van der Waals surface area contributed by atoms with Gasteiger partial charge in [-0.05, 0) is 36.4 Å². The molecule has 122 valence electrons. The molecule has 0 aliphatic heterocycles. The molecule has 1 aromatic carbocycles. The number of thioether (sulfide) groups is 1. The zero-order valence-electron chi connectivity index (χ0n) is 13.0. The second kappa shape index (κ2) is 9.05. The first kappa shape index (κ1) is 17.1. The Bertz CT molecular complexity index is 640. The lowest BCUT2D eigenvalue weighted by molar-refractivity contribution is -0.124. The maximum absolute atomic E-state index is 11.7. The molecule has 1 amide bonds.